The van der Waals surface area contributed by atoms with E-state index in [-0.39, 0.29) is 51.4 Å². The Balaban J connectivity index is 0.00000169. The molecule has 0 atom stereocenters. The van der Waals surface area contributed by atoms with Crippen LogP contribution in [0.1, 0.15) is 0 Å². The normalized spacial score (nSPS) is 10.9. The average molecular weight is 265 g/mol. The molecule has 0 radical (unpaired) electrons. The summed E-state index contributed by atoms with van der Waals surface area (Å²) < 4.78 is 35.5. The van der Waals surface area contributed by atoms with Gasteiger partial charge in [-0.25, -0.2) is 0 Å². The van der Waals surface area contributed by atoms with E-state index in [0.29, 0.717) is 9.92 Å². The van der Waals surface area contributed by atoms with Crippen LogP contribution in [-0.4, -0.2) is 12.6 Å². The van der Waals surface area contributed by atoms with Gasteiger partial charge in [-0.15, -0.1) is 0 Å². The monoisotopic (exact) mass is 264 g/mol. The fraction of sp³-hybridized carbons (Fsp3) is 0.143. The van der Waals surface area contributed by atoms with Crippen molar-refractivity contribution in [3.05, 3.63) is 29.3 Å². The molecule has 0 nitrogen and oxygen atoms in total. The Morgan fingerprint density at radius 2 is 1.64 bits per heavy atom. The van der Waals surface area contributed by atoms with E-state index in [1.807, 2.05) is 0 Å². The van der Waals surface area contributed by atoms with Crippen molar-refractivity contribution in [1.82, 2.24) is 0 Å². The molecule has 0 aliphatic rings. The quantitative estimate of drug-likeness (QED) is 0.575. The van der Waals surface area contributed by atoms with E-state index in [2.05, 4.69) is 0 Å². The molecular formula is C7H6BClF3KS. The maximum Gasteiger partial charge on any atom is 1.00 e. The van der Waals surface area contributed by atoms with E-state index in [1.54, 1.807) is 24.3 Å². The molecule has 0 heterocycles. The number of thioether (sulfide) groups is 1. The van der Waals surface area contributed by atoms with Crippen LogP contribution in [-0.2, 0) is 0 Å². The molecule has 0 saturated carbocycles. The van der Waals surface area contributed by atoms with Crippen LogP contribution in [0.15, 0.2) is 29.2 Å². The molecule has 0 saturated heterocycles. The van der Waals surface area contributed by atoms with E-state index < -0.39 is 12.6 Å². The zero-order chi connectivity index (χ0) is 9.90. The fourth-order valence-corrected chi connectivity index (χ4v) is 1.56. The largest absolute Gasteiger partial charge is 1.00 e. The summed E-state index contributed by atoms with van der Waals surface area (Å²) in [6.45, 7) is -4.71. The minimum absolute atomic E-state index is 0. The van der Waals surface area contributed by atoms with Crippen LogP contribution in [0.25, 0.3) is 0 Å². The number of hydrogen-bond donors (Lipinski definition) is 0. The van der Waals surface area contributed by atoms with E-state index in [9.17, 15) is 12.9 Å². The predicted octanol–water partition coefficient (Wildman–Crippen LogP) is 0.823. The summed E-state index contributed by atoms with van der Waals surface area (Å²) in [6, 6.07) is 6.31. The van der Waals surface area contributed by atoms with Crippen LogP contribution >= 0.6 is 23.4 Å². The average Bonchev–Trinajstić information content (AvgIpc) is 2.02. The first-order valence-electron chi connectivity index (χ1n) is 3.57. The molecule has 0 fully saturated rings. The maximum absolute atomic E-state index is 11.8. The molecule has 0 bridgehead atoms. The van der Waals surface area contributed by atoms with Gasteiger partial charge in [-0.3, -0.25) is 0 Å². The Morgan fingerprint density at radius 1 is 1.14 bits per heavy atom. The standard InChI is InChI=1S/C7H6BClF3S.K/c9-6-1-3-7(4-2-6)13-5-8(10,11)12;/h1-4H,5H2;/q-1;+1. The SMILES string of the molecule is F[B-](F)(F)CSc1ccc(Cl)cc1.[K+]. The van der Waals surface area contributed by atoms with Gasteiger partial charge in [-0.2, -0.15) is 11.8 Å². The van der Waals surface area contributed by atoms with Crippen molar-refractivity contribution >= 4 is 30.3 Å². The van der Waals surface area contributed by atoms with Gasteiger partial charge in [-0.1, -0.05) is 11.6 Å². The first kappa shape index (κ1) is 15.4. The molecule has 1 rings (SSSR count). The summed E-state index contributed by atoms with van der Waals surface area (Å²) in [5.74, 6) is 0. The maximum atomic E-state index is 11.8. The van der Waals surface area contributed by atoms with Gasteiger partial charge < -0.3 is 12.9 Å². The molecule has 72 valence electrons. The van der Waals surface area contributed by atoms with Gasteiger partial charge >= 0.3 is 58.4 Å². The van der Waals surface area contributed by atoms with Gasteiger partial charge in [-0.05, 0) is 29.9 Å². The summed E-state index contributed by atoms with van der Waals surface area (Å²) in [7, 11) is 0. The van der Waals surface area contributed by atoms with Crippen LogP contribution in [0.5, 0.6) is 0 Å². The number of rotatable bonds is 3. The van der Waals surface area contributed by atoms with Gasteiger partial charge in [0.05, 0.1) is 0 Å². The van der Waals surface area contributed by atoms with Crippen molar-refractivity contribution in [2.24, 2.45) is 0 Å². The Hall–Kier alpha value is 1.35. The molecule has 0 amide bonds. The third-order valence-corrected chi connectivity index (χ3v) is 2.65. The summed E-state index contributed by atoms with van der Waals surface area (Å²) in [6.07, 6.45) is 0. The van der Waals surface area contributed by atoms with Gasteiger partial charge in [0.25, 0.3) is 0 Å². The van der Waals surface area contributed by atoms with E-state index in [1.165, 1.54) is 0 Å². The first-order chi connectivity index (χ1) is 5.97. The minimum atomic E-state index is -4.71. The minimum Gasteiger partial charge on any atom is -0.448 e. The smallest absolute Gasteiger partial charge is 0.448 e. The Bertz CT molecular complexity index is 277. The van der Waals surface area contributed by atoms with Gasteiger partial charge in [0.1, 0.15) is 0 Å². The molecule has 14 heavy (non-hydrogen) atoms. The molecule has 0 spiro atoms. The molecular weight excluding hydrogens is 259 g/mol. The topological polar surface area (TPSA) is 0 Å². The van der Waals surface area contributed by atoms with Crippen molar-refractivity contribution < 1.29 is 64.3 Å². The Labute approximate surface area is 132 Å². The van der Waals surface area contributed by atoms with Crippen molar-refractivity contribution in [3.63, 3.8) is 0 Å². The molecule has 0 aromatic heterocycles. The zero-order valence-corrected chi connectivity index (χ0v) is 12.2. The van der Waals surface area contributed by atoms with Crippen LogP contribution in [0.2, 0.25) is 5.02 Å². The van der Waals surface area contributed by atoms with Crippen molar-refractivity contribution in [2.75, 3.05) is 5.65 Å². The Kier molecular flexibility index (Phi) is 7.49. The van der Waals surface area contributed by atoms with E-state index >= 15 is 0 Å². The van der Waals surface area contributed by atoms with Crippen LogP contribution in [0, 0.1) is 0 Å². The van der Waals surface area contributed by atoms with E-state index in [0.717, 1.165) is 11.8 Å². The van der Waals surface area contributed by atoms with Crippen LogP contribution < -0.4 is 51.4 Å². The second-order valence-electron chi connectivity index (χ2n) is 2.48. The molecule has 1 aromatic rings. The molecule has 0 aliphatic heterocycles. The molecule has 0 N–H and O–H groups in total. The number of hydrogen-bond acceptors (Lipinski definition) is 1. The van der Waals surface area contributed by atoms with E-state index in [4.69, 9.17) is 11.6 Å². The van der Waals surface area contributed by atoms with Gasteiger partial charge in [0.2, 0.25) is 0 Å². The third-order valence-electron chi connectivity index (χ3n) is 1.25. The summed E-state index contributed by atoms with van der Waals surface area (Å²) in [5.41, 5.74) is -0.804. The van der Waals surface area contributed by atoms with Gasteiger partial charge in [0.15, 0.2) is 0 Å². The fourth-order valence-electron chi connectivity index (χ4n) is 0.722. The Morgan fingerprint density at radius 3 is 2.07 bits per heavy atom. The molecule has 0 unspecified atom stereocenters. The number of benzene rings is 1. The zero-order valence-electron chi connectivity index (χ0n) is 7.51. The molecule has 1 aromatic carbocycles. The summed E-state index contributed by atoms with van der Waals surface area (Å²) in [5, 5.41) is 0.530. The van der Waals surface area contributed by atoms with Crippen molar-refractivity contribution in [2.45, 2.75) is 4.90 Å². The van der Waals surface area contributed by atoms with Crippen LogP contribution in [0.3, 0.4) is 0 Å². The summed E-state index contributed by atoms with van der Waals surface area (Å²) in [4.78, 5) is 0.587. The van der Waals surface area contributed by atoms with Crippen molar-refractivity contribution in [3.8, 4) is 0 Å². The predicted molar refractivity (Wildman–Crippen MR) is 51.3 cm³/mol. The summed E-state index contributed by atoms with van der Waals surface area (Å²) >= 11 is 6.35. The van der Waals surface area contributed by atoms with Crippen molar-refractivity contribution in [1.29, 1.82) is 0 Å². The van der Waals surface area contributed by atoms with Gasteiger partial charge in [0, 0.05) is 9.92 Å². The second-order valence-corrected chi connectivity index (χ2v) is 4.01. The number of halogens is 4. The third kappa shape index (κ3) is 6.77. The van der Waals surface area contributed by atoms with Crippen LogP contribution in [0.4, 0.5) is 12.9 Å². The molecule has 7 heteroatoms. The first-order valence-corrected chi connectivity index (χ1v) is 4.93. The molecule has 0 aliphatic carbocycles. The second kappa shape index (κ2) is 6.83.